The zero-order valence-corrected chi connectivity index (χ0v) is 11.5. The van der Waals surface area contributed by atoms with Gasteiger partial charge in [-0.3, -0.25) is 4.79 Å². The van der Waals surface area contributed by atoms with Crippen molar-refractivity contribution in [1.29, 1.82) is 0 Å². The number of aromatic nitrogens is 4. The lowest BCUT2D eigenvalue weighted by Crippen LogP contribution is -2.05. The van der Waals surface area contributed by atoms with Crippen LogP contribution in [0.15, 0.2) is 15.9 Å². The van der Waals surface area contributed by atoms with Crippen LogP contribution < -0.4 is 0 Å². The SMILES string of the molecule is Cc1cn(CCc2noc(C)n2)c(SCC(=O)O)n1. The molecular weight excluding hydrogens is 268 g/mol. The van der Waals surface area contributed by atoms with Crippen LogP contribution in [0.5, 0.6) is 0 Å². The van der Waals surface area contributed by atoms with E-state index in [1.807, 2.05) is 17.7 Å². The largest absolute Gasteiger partial charge is 0.481 e. The van der Waals surface area contributed by atoms with Gasteiger partial charge in [0.1, 0.15) is 0 Å². The number of aryl methyl sites for hydroxylation is 4. The predicted octanol–water partition coefficient (Wildman–Crippen LogP) is 1.30. The molecule has 102 valence electrons. The van der Waals surface area contributed by atoms with Crippen molar-refractivity contribution in [3.05, 3.63) is 23.6 Å². The maximum atomic E-state index is 10.6. The number of hydrogen-bond donors (Lipinski definition) is 1. The lowest BCUT2D eigenvalue weighted by Gasteiger charge is -2.04. The molecule has 0 aliphatic heterocycles. The summed E-state index contributed by atoms with van der Waals surface area (Å²) in [5.74, 6) is 0.318. The minimum absolute atomic E-state index is 0.00221. The number of carbonyl (C=O) groups is 1. The molecule has 2 aromatic rings. The summed E-state index contributed by atoms with van der Waals surface area (Å²) in [5, 5.41) is 13.2. The van der Waals surface area contributed by atoms with E-state index >= 15 is 0 Å². The third kappa shape index (κ3) is 3.82. The molecule has 0 saturated heterocycles. The van der Waals surface area contributed by atoms with E-state index in [0.29, 0.717) is 29.8 Å². The molecule has 0 amide bonds. The molecule has 19 heavy (non-hydrogen) atoms. The highest BCUT2D eigenvalue weighted by molar-refractivity contribution is 7.99. The lowest BCUT2D eigenvalue weighted by molar-refractivity contribution is -0.133. The Balaban J connectivity index is 2.00. The van der Waals surface area contributed by atoms with Crippen LogP contribution in [0.1, 0.15) is 17.4 Å². The first kappa shape index (κ1) is 13.6. The second-order valence-electron chi connectivity index (χ2n) is 4.02. The molecule has 0 spiro atoms. The number of rotatable bonds is 6. The van der Waals surface area contributed by atoms with Crippen molar-refractivity contribution >= 4 is 17.7 Å². The van der Waals surface area contributed by atoms with Crippen LogP contribution in [-0.2, 0) is 17.8 Å². The maximum Gasteiger partial charge on any atom is 0.313 e. The average Bonchev–Trinajstić information content (AvgIpc) is 2.90. The highest BCUT2D eigenvalue weighted by Gasteiger charge is 2.10. The van der Waals surface area contributed by atoms with E-state index in [-0.39, 0.29) is 5.75 Å². The molecule has 0 aliphatic rings. The maximum absolute atomic E-state index is 10.6. The van der Waals surface area contributed by atoms with Crippen molar-refractivity contribution in [1.82, 2.24) is 19.7 Å². The van der Waals surface area contributed by atoms with Gasteiger partial charge in [0.25, 0.3) is 0 Å². The number of imidazole rings is 1. The predicted molar refractivity (Wildman–Crippen MR) is 68.1 cm³/mol. The van der Waals surface area contributed by atoms with E-state index in [1.165, 1.54) is 11.8 Å². The van der Waals surface area contributed by atoms with Crippen molar-refractivity contribution < 1.29 is 14.4 Å². The van der Waals surface area contributed by atoms with Gasteiger partial charge in [0.2, 0.25) is 5.89 Å². The zero-order chi connectivity index (χ0) is 13.8. The van der Waals surface area contributed by atoms with Crippen molar-refractivity contribution in [3.63, 3.8) is 0 Å². The lowest BCUT2D eigenvalue weighted by atomic mass is 10.4. The smallest absolute Gasteiger partial charge is 0.313 e. The number of carboxylic acid groups (broad SMARTS) is 1. The average molecular weight is 282 g/mol. The van der Waals surface area contributed by atoms with Gasteiger partial charge in [0, 0.05) is 26.1 Å². The highest BCUT2D eigenvalue weighted by Crippen LogP contribution is 2.17. The third-order valence-electron chi connectivity index (χ3n) is 2.33. The van der Waals surface area contributed by atoms with Gasteiger partial charge < -0.3 is 14.2 Å². The van der Waals surface area contributed by atoms with Gasteiger partial charge in [-0.05, 0) is 6.92 Å². The third-order valence-corrected chi connectivity index (χ3v) is 3.31. The Labute approximate surface area is 114 Å². The van der Waals surface area contributed by atoms with Gasteiger partial charge in [-0.1, -0.05) is 16.9 Å². The molecule has 0 fully saturated rings. The Morgan fingerprint density at radius 2 is 2.26 bits per heavy atom. The molecule has 2 heterocycles. The number of carboxylic acids is 1. The number of thioether (sulfide) groups is 1. The summed E-state index contributed by atoms with van der Waals surface area (Å²) >= 11 is 1.20. The number of hydrogen-bond acceptors (Lipinski definition) is 6. The molecule has 7 nitrogen and oxygen atoms in total. The fourth-order valence-corrected chi connectivity index (χ4v) is 2.36. The number of nitrogens with zero attached hydrogens (tertiary/aromatic N) is 4. The van der Waals surface area contributed by atoms with Crippen LogP contribution in [0.4, 0.5) is 0 Å². The quantitative estimate of drug-likeness (QED) is 0.798. The standard InChI is InChI=1S/C11H14N4O3S/c1-7-5-15(11(12-7)19-6-10(16)17)4-3-9-13-8(2)18-14-9/h5H,3-4,6H2,1-2H3,(H,16,17). The van der Waals surface area contributed by atoms with E-state index in [4.69, 9.17) is 9.63 Å². The molecule has 2 rings (SSSR count). The molecule has 0 saturated carbocycles. The molecular formula is C11H14N4O3S. The van der Waals surface area contributed by atoms with E-state index in [2.05, 4.69) is 15.1 Å². The van der Waals surface area contributed by atoms with E-state index in [1.54, 1.807) is 6.92 Å². The van der Waals surface area contributed by atoms with Crippen molar-refractivity contribution in [3.8, 4) is 0 Å². The minimum Gasteiger partial charge on any atom is -0.481 e. The second-order valence-corrected chi connectivity index (χ2v) is 4.96. The molecule has 0 atom stereocenters. The van der Waals surface area contributed by atoms with Gasteiger partial charge in [0.15, 0.2) is 11.0 Å². The summed E-state index contributed by atoms with van der Waals surface area (Å²) in [6, 6.07) is 0. The van der Waals surface area contributed by atoms with Crippen LogP contribution in [-0.4, -0.2) is 36.5 Å². The van der Waals surface area contributed by atoms with Gasteiger partial charge in [0.05, 0.1) is 11.4 Å². The van der Waals surface area contributed by atoms with E-state index in [9.17, 15) is 4.79 Å². The molecule has 0 aliphatic carbocycles. The molecule has 2 aromatic heterocycles. The molecule has 0 unspecified atom stereocenters. The van der Waals surface area contributed by atoms with Gasteiger partial charge >= 0.3 is 5.97 Å². The summed E-state index contributed by atoms with van der Waals surface area (Å²) in [6.45, 7) is 4.26. The van der Waals surface area contributed by atoms with Gasteiger partial charge in [-0.2, -0.15) is 4.98 Å². The van der Waals surface area contributed by atoms with Crippen LogP contribution >= 0.6 is 11.8 Å². The van der Waals surface area contributed by atoms with E-state index < -0.39 is 5.97 Å². The van der Waals surface area contributed by atoms with Crippen LogP contribution in [0.2, 0.25) is 0 Å². The van der Waals surface area contributed by atoms with Crippen LogP contribution in [0, 0.1) is 13.8 Å². The van der Waals surface area contributed by atoms with Crippen LogP contribution in [0.3, 0.4) is 0 Å². The molecule has 8 heteroatoms. The second kappa shape index (κ2) is 5.87. The zero-order valence-electron chi connectivity index (χ0n) is 10.7. The van der Waals surface area contributed by atoms with Crippen molar-refractivity contribution in [2.45, 2.75) is 32.0 Å². The first-order valence-corrected chi connectivity index (χ1v) is 6.70. The number of aliphatic carboxylic acids is 1. The monoisotopic (exact) mass is 282 g/mol. The topological polar surface area (TPSA) is 94.0 Å². The minimum atomic E-state index is -0.856. The summed E-state index contributed by atoms with van der Waals surface area (Å²) in [4.78, 5) is 19.0. The van der Waals surface area contributed by atoms with E-state index in [0.717, 1.165) is 5.69 Å². The summed E-state index contributed by atoms with van der Waals surface area (Å²) in [7, 11) is 0. The normalized spacial score (nSPS) is 10.8. The summed E-state index contributed by atoms with van der Waals surface area (Å²) in [6.07, 6.45) is 2.50. The fraction of sp³-hybridized carbons (Fsp3) is 0.455. The Morgan fingerprint density at radius 1 is 1.47 bits per heavy atom. The first-order chi connectivity index (χ1) is 9.04. The molecule has 0 bridgehead atoms. The van der Waals surface area contributed by atoms with Crippen molar-refractivity contribution in [2.75, 3.05) is 5.75 Å². The Kier molecular flexibility index (Phi) is 4.20. The molecule has 0 aromatic carbocycles. The van der Waals surface area contributed by atoms with Gasteiger partial charge in [-0.15, -0.1) is 0 Å². The van der Waals surface area contributed by atoms with Crippen molar-refractivity contribution in [2.24, 2.45) is 0 Å². The molecule has 1 N–H and O–H groups in total. The first-order valence-electron chi connectivity index (χ1n) is 5.72. The van der Waals surface area contributed by atoms with Gasteiger partial charge in [-0.25, -0.2) is 4.98 Å². The Hall–Kier alpha value is -1.83. The fourth-order valence-electron chi connectivity index (χ4n) is 1.59. The Bertz CT molecular complexity index is 578. The molecule has 0 radical (unpaired) electrons. The summed E-state index contributed by atoms with van der Waals surface area (Å²) < 4.78 is 6.81. The highest BCUT2D eigenvalue weighted by atomic mass is 32.2. The Morgan fingerprint density at radius 3 is 2.89 bits per heavy atom. The van der Waals surface area contributed by atoms with Crippen LogP contribution in [0.25, 0.3) is 0 Å². The summed E-state index contributed by atoms with van der Waals surface area (Å²) in [5.41, 5.74) is 0.859.